The van der Waals surface area contributed by atoms with Gasteiger partial charge in [0.25, 0.3) is 5.56 Å². The smallest absolute Gasteiger partial charge is 0.262 e. The van der Waals surface area contributed by atoms with Crippen LogP contribution < -0.4 is 10.9 Å². The van der Waals surface area contributed by atoms with Gasteiger partial charge in [-0.2, -0.15) is 0 Å². The summed E-state index contributed by atoms with van der Waals surface area (Å²) in [5.74, 6) is 0.0205. The van der Waals surface area contributed by atoms with Gasteiger partial charge in [-0.1, -0.05) is 73.3 Å². The molecule has 2 aromatic heterocycles. The number of nitrogens with zero attached hydrogens (tertiary/aromatic N) is 3. The van der Waals surface area contributed by atoms with Crippen LogP contribution in [-0.2, 0) is 11.3 Å². The molecule has 0 bridgehead atoms. The van der Waals surface area contributed by atoms with Crippen molar-refractivity contribution in [3.63, 3.8) is 0 Å². The minimum absolute atomic E-state index is 0.0698. The van der Waals surface area contributed by atoms with Gasteiger partial charge in [-0.15, -0.1) is 0 Å². The molecule has 0 unspecified atom stereocenters. The molecule has 3 aromatic rings. The first-order valence-electron chi connectivity index (χ1n) is 9.73. The van der Waals surface area contributed by atoms with Gasteiger partial charge in [0.15, 0.2) is 11.0 Å². The topological polar surface area (TPSA) is 76.9 Å². The molecule has 0 aliphatic heterocycles. The van der Waals surface area contributed by atoms with Crippen molar-refractivity contribution in [1.82, 2.24) is 14.5 Å². The highest BCUT2D eigenvalue weighted by atomic mass is 35.5. The number of para-hydroxylation sites is 1. The van der Waals surface area contributed by atoms with Gasteiger partial charge in [0, 0.05) is 12.7 Å². The number of hydrogen-bond acceptors (Lipinski definition) is 5. The SMILES string of the molecule is CCCCCCn1c(SCC(=O)Nc2ncc(Cl)cc2Cl)nc2ccccc2c1=O. The lowest BCUT2D eigenvalue weighted by Crippen LogP contribution is -2.24. The second kappa shape index (κ2) is 10.8. The molecule has 9 heteroatoms. The summed E-state index contributed by atoms with van der Waals surface area (Å²) in [5, 5.41) is 4.42. The summed E-state index contributed by atoms with van der Waals surface area (Å²) in [7, 11) is 0. The molecule has 0 aliphatic rings. The van der Waals surface area contributed by atoms with Crippen molar-refractivity contribution >= 4 is 57.6 Å². The Labute approximate surface area is 189 Å². The number of carbonyl (C=O) groups excluding carboxylic acids is 1. The average Bonchev–Trinajstić information content (AvgIpc) is 2.73. The number of nitrogens with one attached hydrogen (secondary N) is 1. The number of aromatic nitrogens is 3. The number of pyridine rings is 1. The van der Waals surface area contributed by atoms with Crippen LogP contribution in [-0.4, -0.2) is 26.2 Å². The van der Waals surface area contributed by atoms with Gasteiger partial charge in [-0.05, 0) is 24.6 Å². The Hall–Kier alpha value is -2.09. The number of carbonyl (C=O) groups is 1. The predicted molar refractivity (Wildman–Crippen MR) is 124 cm³/mol. The van der Waals surface area contributed by atoms with Crippen molar-refractivity contribution in [2.45, 2.75) is 44.3 Å². The number of hydrogen-bond donors (Lipinski definition) is 1. The predicted octanol–water partition coefficient (Wildman–Crippen LogP) is 5.41. The molecule has 0 spiro atoms. The molecule has 0 atom stereocenters. The van der Waals surface area contributed by atoms with Crippen LogP contribution in [0.25, 0.3) is 10.9 Å². The van der Waals surface area contributed by atoms with E-state index in [1.54, 1.807) is 16.7 Å². The zero-order chi connectivity index (χ0) is 21.5. The van der Waals surface area contributed by atoms with Crippen LogP contribution in [0.4, 0.5) is 5.82 Å². The monoisotopic (exact) mass is 464 g/mol. The van der Waals surface area contributed by atoms with E-state index in [-0.39, 0.29) is 28.1 Å². The number of anilines is 1. The lowest BCUT2D eigenvalue weighted by atomic mass is 10.2. The van der Waals surface area contributed by atoms with Crippen LogP contribution in [0.2, 0.25) is 10.0 Å². The standard InChI is InChI=1S/C21H22Cl2N4O2S/c1-2-3-4-7-10-27-20(29)15-8-5-6-9-17(15)25-21(27)30-13-18(28)26-19-16(23)11-14(22)12-24-19/h5-6,8-9,11-12H,2-4,7,10,13H2,1H3,(H,24,26,28). The van der Waals surface area contributed by atoms with E-state index in [4.69, 9.17) is 23.2 Å². The Balaban J connectivity index is 1.77. The van der Waals surface area contributed by atoms with Crippen molar-refractivity contribution in [2.75, 3.05) is 11.1 Å². The lowest BCUT2D eigenvalue weighted by molar-refractivity contribution is -0.113. The molecule has 0 radical (unpaired) electrons. The fourth-order valence-electron chi connectivity index (χ4n) is 2.96. The normalized spacial score (nSPS) is 11.0. The van der Waals surface area contributed by atoms with Gasteiger partial charge < -0.3 is 5.32 Å². The summed E-state index contributed by atoms with van der Waals surface area (Å²) in [6.07, 6.45) is 5.58. The van der Waals surface area contributed by atoms with Gasteiger partial charge in [0.05, 0.1) is 26.7 Å². The van der Waals surface area contributed by atoms with Gasteiger partial charge in [-0.3, -0.25) is 14.2 Å². The van der Waals surface area contributed by atoms with Crippen molar-refractivity contribution in [1.29, 1.82) is 0 Å². The minimum Gasteiger partial charge on any atom is -0.309 e. The maximum Gasteiger partial charge on any atom is 0.262 e. The molecule has 1 amide bonds. The Kier molecular flexibility index (Phi) is 8.13. The highest BCUT2D eigenvalue weighted by molar-refractivity contribution is 7.99. The van der Waals surface area contributed by atoms with E-state index in [1.165, 1.54) is 24.0 Å². The van der Waals surface area contributed by atoms with E-state index in [2.05, 4.69) is 22.2 Å². The highest BCUT2D eigenvalue weighted by Gasteiger charge is 2.14. The van der Waals surface area contributed by atoms with Crippen molar-refractivity contribution in [2.24, 2.45) is 0 Å². The van der Waals surface area contributed by atoms with E-state index in [0.29, 0.717) is 27.6 Å². The van der Waals surface area contributed by atoms with E-state index in [0.717, 1.165) is 25.7 Å². The average molecular weight is 465 g/mol. The van der Waals surface area contributed by atoms with Crippen LogP contribution >= 0.6 is 35.0 Å². The van der Waals surface area contributed by atoms with Crippen molar-refractivity contribution in [3.05, 3.63) is 56.9 Å². The Morgan fingerprint density at radius 2 is 2.00 bits per heavy atom. The number of rotatable bonds is 9. The van der Waals surface area contributed by atoms with E-state index < -0.39 is 0 Å². The molecule has 0 saturated heterocycles. The Morgan fingerprint density at radius 1 is 1.20 bits per heavy atom. The molecule has 30 heavy (non-hydrogen) atoms. The number of halogens is 2. The van der Waals surface area contributed by atoms with E-state index >= 15 is 0 Å². The molecule has 2 heterocycles. The molecular weight excluding hydrogens is 443 g/mol. The first-order chi connectivity index (χ1) is 14.5. The summed E-state index contributed by atoms with van der Waals surface area (Å²) < 4.78 is 1.67. The third-order valence-electron chi connectivity index (χ3n) is 4.46. The summed E-state index contributed by atoms with van der Waals surface area (Å²) in [5.41, 5.74) is 0.542. The Morgan fingerprint density at radius 3 is 2.77 bits per heavy atom. The largest absolute Gasteiger partial charge is 0.309 e. The number of benzene rings is 1. The maximum atomic E-state index is 13.0. The molecule has 6 nitrogen and oxygen atoms in total. The lowest BCUT2D eigenvalue weighted by Gasteiger charge is -2.13. The molecule has 3 rings (SSSR count). The third-order valence-corrected chi connectivity index (χ3v) is 5.93. The third kappa shape index (κ3) is 5.74. The molecule has 0 aliphatic carbocycles. The van der Waals surface area contributed by atoms with Crippen LogP contribution in [0.15, 0.2) is 46.5 Å². The van der Waals surface area contributed by atoms with E-state index in [9.17, 15) is 9.59 Å². The summed E-state index contributed by atoms with van der Waals surface area (Å²) >= 11 is 13.1. The highest BCUT2D eigenvalue weighted by Crippen LogP contribution is 2.23. The summed E-state index contributed by atoms with van der Waals surface area (Å²) in [6, 6.07) is 8.77. The second-order valence-corrected chi connectivity index (χ2v) is 8.54. The first-order valence-corrected chi connectivity index (χ1v) is 11.5. The maximum absolute atomic E-state index is 13.0. The minimum atomic E-state index is -0.295. The molecular formula is C21H22Cl2N4O2S. The van der Waals surface area contributed by atoms with Crippen molar-refractivity contribution < 1.29 is 4.79 Å². The van der Waals surface area contributed by atoms with Gasteiger partial charge >= 0.3 is 0 Å². The van der Waals surface area contributed by atoms with Gasteiger partial charge in [0.2, 0.25) is 5.91 Å². The fraction of sp³-hybridized carbons (Fsp3) is 0.333. The quantitative estimate of drug-likeness (QED) is 0.260. The molecule has 0 saturated carbocycles. The molecule has 1 N–H and O–H groups in total. The first kappa shape index (κ1) is 22.6. The van der Waals surface area contributed by atoms with Gasteiger partial charge in [0.1, 0.15) is 0 Å². The molecule has 0 fully saturated rings. The Bertz CT molecular complexity index is 1100. The fourth-order valence-corrected chi connectivity index (χ4v) is 4.21. The zero-order valence-electron chi connectivity index (χ0n) is 16.5. The van der Waals surface area contributed by atoms with Crippen LogP contribution in [0.1, 0.15) is 32.6 Å². The number of thioether (sulfide) groups is 1. The summed E-state index contributed by atoms with van der Waals surface area (Å²) in [6.45, 7) is 2.72. The number of unbranched alkanes of at least 4 members (excludes halogenated alkanes) is 3. The van der Waals surface area contributed by atoms with Crippen molar-refractivity contribution in [3.8, 4) is 0 Å². The molecule has 1 aromatic carbocycles. The van der Waals surface area contributed by atoms with E-state index in [1.807, 2.05) is 12.1 Å². The van der Waals surface area contributed by atoms with Crippen LogP contribution in [0, 0.1) is 0 Å². The number of amides is 1. The zero-order valence-corrected chi connectivity index (χ0v) is 18.9. The molecule has 158 valence electrons. The summed E-state index contributed by atoms with van der Waals surface area (Å²) in [4.78, 5) is 34.1. The van der Waals surface area contributed by atoms with Gasteiger partial charge in [-0.25, -0.2) is 9.97 Å². The van der Waals surface area contributed by atoms with Crippen LogP contribution in [0.3, 0.4) is 0 Å². The number of fused-ring (bicyclic) bond motifs is 1. The second-order valence-electron chi connectivity index (χ2n) is 6.75. The van der Waals surface area contributed by atoms with Crippen LogP contribution in [0.5, 0.6) is 0 Å².